The highest BCUT2D eigenvalue weighted by Crippen LogP contribution is 2.21. The lowest BCUT2D eigenvalue weighted by molar-refractivity contribution is -0.120. The molecule has 2 aromatic rings. The van der Waals surface area contributed by atoms with Gasteiger partial charge in [-0.2, -0.15) is 0 Å². The number of carbonyl (C=O) groups is 1. The van der Waals surface area contributed by atoms with Gasteiger partial charge < -0.3 is 5.32 Å². The van der Waals surface area contributed by atoms with Gasteiger partial charge in [-0.25, -0.2) is 9.97 Å². The third kappa shape index (κ3) is 4.09. The predicted molar refractivity (Wildman–Crippen MR) is 88.0 cm³/mol. The van der Waals surface area contributed by atoms with Gasteiger partial charge in [0, 0.05) is 16.8 Å². The van der Waals surface area contributed by atoms with Crippen LogP contribution in [-0.2, 0) is 11.3 Å². The van der Waals surface area contributed by atoms with Crippen LogP contribution < -0.4 is 5.32 Å². The molecule has 0 saturated carbocycles. The molecule has 0 bridgehead atoms. The molecule has 2 aromatic heterocycles. The Hall–Kier alpha value is -1.31. The molecule has 5 nitrogen and oxygen atoms in total. The second-order valence-corrected chi connectivity index (χ2v) is 7.36. The number of aryl methyl sites for hydroxylation is 3. The van der Waals surface area contributed by atoms with Gasteiger partial charge in [0.2, 0.25) is 5.91 Å². The highest BCUT2D eigenvalue weighted by molar-refractivity contribution is 7.15. The quantitative estimate of drug-likeness (QED) is 0.918. The Morgan fingerprint density at radius 3 is 2.62 bits per heavy atom. The van der Waals surface area contributed by atoms with E-state index in [1.807, 2.05) is 45.0 Å². The standard InChI is InChI=1S/C14H20N4OS2/c1-8-10(3)21-14(15-8)17-13(19)9(2)18(5)6-12-7-20-11(4)16-12/h7,9H,6H2,1-5H3,(H,15,17,19). The smallest absolute Gasteiger partial charge is 0.243 e. The Bertz CT molecular complexity index is 615. The van der Waals surface area contributed by atoms with Gasteiger partial charge in [-0.3, -0.25) is 9.69 Å². The van der Waals surface area contributed by atoms with E-state index in [0.717, 1.165) is 21.3 Å². The summed E-state index contributed by atoms with van der Waals surface area (Å²) in [7, 11) is 1.93. The molecule has 1 N–H and O–H groups in total. The number of rotatable bonds is 5. The fourth-order valence-corrected chi connectivity index (χ4v) is 3.23. The van der Waals surface area contributed by atoms with Gasteiger partial charge in [0.15, 0.2) is 5.13 Å². The maximum atomic E-state index is 12.3. The lowest BCUT2D eigenvalue weighted by Gasteiger charge is -2.22. The summed E-state index contributed by atoms with van der Waals surface area (Å²) in [5, 5.41) is 6.63. The highest BCUT2D eigenvalue weighted by Gasteiger charge is 2.20. The van der Waals surface area contributed by atoms with E-state index in [-0.39, 0.29) is 11.9 Å². The van der Waals surface area contributed by atoms with E-state index >= 15 is 0 Å². The summed E-state index contributed by atoms with van der Waals surface area (Å²) in [5.74, 6) is -0.0433. The Morgan fingerprint density at radius 1 is 1.38 bits per heavy atom. The molecule has 0 aliphatic rings. The maximum Gasteiger partial charge on any atom is 0.243 e. The molecule has 0 radical (unpaired) electrons. The molecule has 0 aliphatic carbocycles. The van der Waals surface area contributed by atoms with Crippen LogP contribution in [0.5, 0.6) is 0 Å². The summed E-state index contributed by atoms with van der Waals surface area (Å²) < 4.78 is 0. The van der Waals surface area contributed by atoms with Crippen LogP contribution in [0.4, 0.5) is 5.13 Å². The molecule has 2 rings (SSSR count). The normalized spacial score (nSPS) is 12.7. The summed E-state index contributed by atoms with van der Waals surface area (Å²) in [5.41, 5.74) is 1.97. The lowest BCUT2D eigenvalue weighted by atomic mass is 10.2. The first-order valence-corrected chi connectivity index (χ1v) is 8.42. The molecule has 1 amide bonds. The van der Waals surface area contributed by atoms with E-state index in [9.17, 15) is 4.79 Å². The maximum absolute atomic E-state index is 12.3. The fraction of sp³-hybridized carbons (Fsp3) is 0.500. The van der Waals surface area contributed by atoms with Crippen molar-refractivity contribution in [2.75, 3.05) is 12.4 Å². The van der Waals surface area contributed by atoms with Crippen LogP contribution in [0, 0.1) is 20.8 Å². The Morgan fingerprint density at radius 2 is 2.10 bits per heavy atom. The van der Waals surface area contributed by atoms with Gasteiger partial charge in [-0.1, -0.05) is 0 Å². The van der Waals surface area contributed by atoms with E-state index < -0.39 is 0 Å². The molecule has 0 fully saturated rings. The molecular formula is C14H20N4OS2. The Labute approximate surface area is 133 Å². The molecule has 1 atom stereocenters. The molecule has 2 heterocycles. The van der Waals surface area contributed by atoms with Crippen LogP contribution in [0.15, 0.2) is 5.38 Å². The zero-order valence-corrected chi connectivity index (χ0v) is 14.6. The first kappa shape index (κ1) is 16.1. The van der Waals surface area contributed by atoms with Crippen LogP contribution in [0.1, 0.15) is 28.2 Å². The summed E-state index contributed by atoms with van der Waals surface area (Å²) in [6.45, 7) is 8.48. The lowest BCUT2D eigenvalue weighted by Crippen LogP contribution is -2.39. The van der Waals surface area contributed by atoms with Crippen molar-refractivity contribution in [2.45, 2.75) is 40.3 Å². The molecular weight excluding hydrogens is 304 g/mol. The zero-order valence-electron chi connectivity index (χ0n) is 12.9. The first-order chi connectivity index (χ1) is 9.86. The van der Waals surface area contributed by atoms with Gasteiger partial charge >= 0.3 is 0 Å². The van der Waals surface area contributed by atoms with Crippen molar-refractivity contribution in [2.24, 2.45) is 0 Å². The minimum atomic E-state index is -0.239. The average molecular weight is 324 g/mol. The third-order valence-corrected chi connectivity index (χ3v) is 5.19. The number of nitrogens with one attached hydrogen (secondary N) is 1. The van der Waals surface area contributed by atoms with Crippen molar-refractivity contribution in [3.63, 3.8) is 0 Å². The second-order valence-electron chi connectivity index (χ2n) is 5.10. The van der Waals surface area contributed by atoms with Gasteiger partial charge in [-0.05, 0) is 34.7 Å². The third-order valence-electron chi connectivity index (χ3n) is 3.38. The average Bonchev–Trinajstić information content (AvgIpc) is 2.95. The van der Waals surface area contributed by atoms with E-state index in [2.05, 4.69) is 15.3 Å². The summed E-state index contributed by atoms with van der Waals surface area (Å²) in [6.07, 6.45) is 0. The number of aromatic nitrogens is 2. The fourth-order valence-electron chi connectivity index (χ4n) is 1.81. The van der Waals surface area contributed by atoms with Crippen molar-refractivity contribution >= 4 is 33.7 Å². The number of hydrogen-bond acceptors (Lipinski definition) is 6. The number of thiazole rings is 2. The summed E-state index contributed by atoms with van der Waals surface area (Å²) in [4.78, 5) is 24.1. The molecule has 1 unspecified atom stereocenters. The van der Waals surface area contributed by atoms with Crippen molar-refractivity contribution in [1.82, 2.24) is 14.9 Å². The monoisotopic (exact) mass is 324 g/mol. The number of likely N-dealkylation sites (N-methyl/N-ethyl adjacent to an activating group) is 1. The molecule has 7 heteroatoms. The van der Waals surface area contributed by atoms with Gasteiger partial charge in [0.1, 0.15) is 0 Å². The van der Waals surface area contributed by atoms with E-state index in [1.54, 1.807) is 11.3 Å². The van der Waals surface area contributed by atoms with Crippen molar-refractivity contribution < 1.29 is 4.79 Å². The highest BCUT2D eigenvalue weighted by atomic mass is 32.1. The number of nitrogens with zero attached hydrogens (tertiary/aromatic N) is 3. The van der Waals surface area contributed by atoms with Crippen molar-refractivity contribution in [3.05, 3.63) is 26.7 Å². The largest absolute Gasteiger partial charge is 0.301 e. The molecule has 0 aromatic carbocycles. The number of carbonyl (C=O) groups excluding carboxylic acids is 1. The predicted octanol–water partition coefficient (Wildman–Crippen LogP) is 2.98. The number of anilines is 1. The van der Waals surface area contributed by atoms with Crippen LogP contribution in [-0.4, -0.2) is 33.9 Å². The van der Waals surface area contributed by atoms with E-state index in [0.29, 0.717) is 11.7 Å². The van der Waals surface area contributed by atoms with Crippen molar-refractivity contribution in [3.8, 4) is 0 Å². The van der Waals surface area contributed by atoms with Crippen LogP contribution in [0.3, 0.4) is 0 Å². The van der Waals surface area contributed by atoms with Gasteiger partial charge in [0.25, 0.3) is 0 Å². The van der Waals surface area contributed by atoms with Crippen LogP contribution >= 0.6 is 22.7 Å². The Balaban J connectivity index is 1.94. The zero-order chi connectivity index (χ0) is 15.6. The van der Waals surface area contributed by atoms with Gasteiger partial charge in [-0.15, -0.1) is 22.7 Å². The topological polar surface area (TPSA) is 58.1 Å². The van der Waals surface area contributed by atoms with E-state index in [1.165, 1.54) is 11.3 Å². The number of hydrogen-bond donors (Lipinski definition) is 1. The minimum Gasteiger partial charge on any atom is -0.301 e. The molecule has 21 heavy (non-hydrogen) atoms. The van der Waals surface area contributed by atoms with Crippen LogP contribution in [0.2, 0.25) is 0 Å². The molecule has 114 valence electrons. The van der Waals surface area contributed by atoms with E-state index in [4.69, 9.17) is 0 Å². The molecule has 0 aliphatic heterocycles. The first-order valence-electron chi connectivity index (χ1n) is 6.73. The molecule has 0 saturated heterocycles. The number of amides is 1. The van der Waals surface area contributed by atoms with Crippen LogP contribution in [0.25, 0.3) is 0 Å². The van der Waals surface area contributed by atoms with Gasteiger partial charge in [0.05, 0.1) is 22.4 Å². The minimum absolute atomic E-state index is 0.0433. The Kier molecular flexibility index (Phi) is 5.08. The summed E-state index contributed by atoms with van der Waals surface area (Å²) >= 11 is 3.13. The van der Waals surface area contributed by atoms with Crippen molar-refractivity contribution in [1.29, 1.82) is 0 Å². The summed E-state index contributed by atoms with van der Waals surface area (Å²) in [6, 6.07) is -0.239. The molecule has 0 spiro atoms. The SMILES string of the molecule is Cc1nc(CN(C)C(C)C(=O)Nc2nc(C)c(C)s2)cs1. The second kappa shape index (κ2) is 6.64.